The van der Waals surface area contributed by atoms with Gasteiger partial charge in [0.05, 0.1) is 32.1 Å². The van der Waals surface area contributed by atoms with E-state index in [1.54, 1.807) is 78.9 Å². The summed E-state index contributed by atoms with van der Waals surface area (Å²) in [6.45, 7) is 4.60. The van der Waals surface area contributed by atoms with Crippen molar-refractivity contribution < 1.29 is 33.3 Å². The molecule has 0 aliphatic rings. The van der Waals surface area contributed by atoms with Crippen LogP contribution in [0.5, 0.6) is 23.0 Å². The Morgan fingerprint density at radius 2 is 1.43 bits per heavy atom. The van der Waals surface area contributed by atoms with Crippen LogP contribution in [0.15, 0.2) is 90.0 Å². The molecular weight excluding hydrogens is 586 g/mol. The Balaban J connectivity index is 1.38. The SMILES string of the molecule is CCOc1ccc(C(=O)Nc2cccc(C(=O)NN=Cc3ccc(OC(=O)c4ccc(Cl)cc4)c(OC)c3)c2)cc1OCC. The number of ether oxygens (including phenoxy) is 4. The Morgan fingerprint density at radius 1 is 0.750 bits per heavy atom. The van der Waals surface area contributed by atoms with Gasteiger partial charge in [-0.05, 0) is 98.3 Å². The smallest absolute Gasteiger partial charge is 0.343 e. The summed E-state index contributed by atoms with van der Waals surface area (Å²) in [6, 6.07) is 22.5. The summed E-state index contributed by atoms with van der Waals surface area (Å²) >= 11 is 5.88. The first kappa shape index (κ1) is 31.6. The third-order valence-electron chi connectivity index (χ3n) is 6.04. The largest absolute Gasteiger partial charge is 0.493 e. The fourth-order valence-electron chi connectivity index (χ4n) is 3.96. The molecule has 0 bridgehead atoms. The lowest BCUT2D eigenvalue weighted by atomic mass is 10.1. The van der Waals surface area contributed by atoms with E-state index in [2.05, 4.69) is 15.8 Å². The second-order valence-corrected chi connectivity index (χ2v) is 9.50. The summed E-state index contributed by atoms with van der Waals surface area (Å²) in [7, 11) is 1.44. The van der Waals surface area contributed by atoms with E-state index in [0.29, 0.717) is 57.9 Å². The number of hydrogen-bond acceptors (Lipinski definition) is 8. The van der Waals surface area contributed by atoms with Gasteiger partial charge in [-0.2, -0.15) is 5.10 Å². The number of anilines is 1. The molecule has 2 amide bonds. The third-order valence-corrected chi connectivity index (χ3v) is 6.29. The van der Waals surface area contributed by atoms with Crippen LogP contribution >= 0.6 is 11.6 Å². The van der Waals surface area contributed by atoms with E-state index in [4.69, 9.17) is 30.5 Å². The number of rotatable bonds is 12. The van der Waals surface area contributed by atoms with Crippen LogP contribution in [0.4, 0.5) is 5.69 Å². The van der Waals surface area contributed by atoms with Crippen LogP contribution in [0.1, 0.15) is 50.5 Å². The Bertz CT molecular complexity index is 1670. The van der Waals surface area contributed by atoms with Crippen LogP contribution in [0.3, 0.4) is 0 Å². The molecule has 44 heavy (non-hydrogen) atoms. The highest BCUT2D eigenvalue weighted by Crippen LogP contribution is 2.30. The number of benzene rings is 4. The number of esters is 1. The molecular formula is C33H30ClN3O7. The molecule has 2 N–H and O–H groups in total. The Morgan fingerprint density at radius 3 is 2.16 bits per heavy atom. The van der Waals surface area contributed by atoms with Crippen LogP contribution in [0.2, 0.25) is 5.02 Å². The van der Waals surface area contributed by atoms with Gasteiger partial charge in [0, 0.05) is 21.8 Å². The first-order valence-electron chi connectivity index (χ1n) is 13.6. The molecule has 0 saturated heterocycles. The summed E-state index contributed by atoms with van der Waals surface area (Å²) in [4.78, 5) is 38.1. The van der Waals surface area contributed by atoms with E-state index < -0.39 is 11.9 Å². The van der Waals surface area contributed by atoms with E-state index in [0.717, 1.165) is 0 Å². The number of nitrogens with one attached hydrogen (secondary N) is 2. The lowest BCUT2D eigenvalue weighted by Crippen LogP contribution is -2.18. The molecule has 0 spiro atoms. The fourth-order valence-corrected chi connectivity index (χ4v) is 4.08. The van der Waals surface area contributed by atoms with Gasteiger partial charge in [-0.1, -0.05) is 17.7 Å². The highest BCUT2D eigenvalue weighted by Gasteiger charge is 2.15. The number of hydrazone groups is 1. The van der Waals surface area contributed by atoms with E-state index in [-0.39, 0.29) is 17.2 Å². The highest BCUT2D eigenvalue weighted by molar-refractivity contribution is 6.30. The minimum Gasteiger partial charge on any atom is -0.493 e. The van der Waals surface area contributed by atoms with Crippen LogP contribution in [-0.4, -0.2) is 44.3 Å². The molecule has 10 nitrogen and oxygen atoms in total. The van der Waals surface area contributed by atoms with Gasteiger partial charge in [-0.25, -0.2) is 10.2 Å². The maximum Gasteiger partial charge on any atom is 0.343 e. The topological polar surface area (TPSA) is 125 Å². The second-order valence-electron chi connectivity index (χ2n) is 9.07. The molecule has 4 aromatic carbocycles. The van der Waals surface area contributed by atoms with Gasteiger partial charge in [0.1, 0.15) is 0 Å². The molecule has 0 unspecified atom stereocenters. The number of halogens is 1. The van der Waals surface area contributed by atoms with Crippen molar-refractivity contribution in [1.82, 2.24) is 5.43 Å². The molecule has 0 fully saturated rings. The van der Waals surface area contributed by atoms with Gasteiger partial charge in [-0.3, -0.25) is 9.59 Å². The predicted octanol–water partition coefficient (Wildman–Crippen LogP) is 6.38. The standard InChI is InChI=1S/C33H30ClN3O7/c1-4-42-27-16-12-24(19-30(27)43-5-2)31(38)36-26-8-6-7-23(18-26)32(39)37-35-20-21-9-15-28(29(17-21)41-3)44-33(40)22-10-13-25(34)14-11-22/h6-20H,4-5H2,1-3H3,(H,36,38)(H,37,39). The van der Waals surface area contributed by atoms with Crippen LogP contribution < -0.4 is 29.7 Å². The van der Waals surface area contributed by atoms with E-state index in [1.807, 2.05) is 13.8 Å². The minimum absolute atomic E-state index is 0.215. The average molecular weight is 616 g/mol. The molecule has 0 aliphatic heterocycles. The fraction of sp³-hybridized carbons (Fsp3) is 0.152. The quantitative estimate of drug-likeness (QED) is 0.0820. The first-order chi connectivity index (χ1) is 21.3. The lowest BCUT2D eigenvalue weighted by molar-refractivity contribution is 0.0729. The van der Waals surface area contributed by atoms with Crippen molar-refractivity contribution in [1.29, 1.82) is 0 Å². The number of amides is 2. The molecule has 11 heteroatoms. The molecule has 226 valence electrons. The summed E-state index contributed by atoms with van der Waals surface area (Å²) in [6.07, 6.45) is 1.42. The van der Waals surface area contributed by atoms with Gasteiger partial charge in [0.15, 0.2) is 23.0 Å². The molecule has 0 aromatic heterocycles. The molecule has 0 aliphatic carbocycles. The summed E-state index contributed by atoms with van der Waals surface area (Å²) in [5.74, 6) is 0.107. The zero-order valence-electron chi connectivity index (χ0n) is 24.3. The molecule has 0 radical (unpaired) electrons. The van der Waals surface area contributed by atoms with Crippen molar-refractivity contribution in [3.05, 3.63) is 112 Å². The van der Waals surface area contributed by atoms with Crippen LogP contribution in [-0.2, 0) is 0 Å². The second kappa shape index (κ2) is 15.2. The zero-order chi connectivity index (χ0) is 31.5. The Kier molecular flexibility index (Phi) is 10.9. The number of nitrogens with zero attached hydrogens (tertiary/aromatic N) is 1. The summed E-state index contributed by atoms with van der Waals surface area (Å²) < 4.78 is 22.0. The van der Waals surface area contributed by atoms with Crippen molar-refractivity contribution in [3.63, 3.8) is 0 Å². The van der Waals surface area contributed by atoms with Gasteiger partial charge in [0.2, 0.25) is 0 Å². The molecule has 4 rings (SSSR count). The number of methoxy groups -OCH3 is 1. The third kappa shape index (κ3) is 8.36. The molecule has 0 heterocycles. The van der Waals surface area contributed by atoms with Crippen molar-refractivity contribution in [2.24, 2.45) is 5.10 Å². The van der Waals surface area contributed by atoms with Gasteiger partial charge < -0.3 is 24.3 Å². The normalized spacial score (nSPS) is 10.6. The van der Waals surface area contributed by atoms with E-state index >= 15 is 0 Å². The van der Waals surface area contributed by atoms with Crippen LogP contribution in [0, 0.1) is 0 Å². The van der Waals surface area contributed by atoms with Crippen molar-refractivity contribution >= 4 is 41.3 Å². The maximum atomic E-state index is 12.9. The van der Waals surface area contributed by atoms with Crippen LogP contribution in [0.25, 0.3) is 0 Å². The number of carbonyl (C=O) groups excluding carboxylic acids is 3. The monoisotopic (exact) mass is 615 g/mol. The first-order valence-corrected chi connectivity index (χ1v) is 14.0. The Hall–Kier alpha value is -5.35. The van der Waals surface area contributed by atoms with Crippen molar-refractivity contribution in [2.75, 3.05) is 25.6 Å². The zero-order valence-corrected chi connectivity index (χ0v) is 25.0. The van der Waals surface area contributed by atoms with Gasteiger partial charge in [-0.15, -0.1) is 0 Å². The summed E-state index contributed by atoms with van der Waals surface area (Å²) in [5, 5.41) is 7.31. The number of carbonyl (C=O) groups is 3. The van der Waals surface area contributed by atoms with Gasteiger partial charge in [0.25, 0.3) is 11.8 Å². The van der Waals surface area contributed by atoms with Gasteiger partial charge >= 0.3 is 5.97 Å². The lowest BCUT2D eigenvalue weighted by Gasteiger charge is -2.12. The van der Waals surface area contributed by atoms with E-state index in [1.165, 1.54) is 19.4 Å². The van der Waals surface area contributed by atoms with E-state index in [9.17, 15) is 14.4 Å². The Labute approximate surface area is 259 Å². The molecule has 0 atom stereocenters. The summed E-state index contributed by atoms with van der Waals surface area (Å²) in [5.41, 5.74) is 4.45. The number of hydrogen-bond donors (Lipinski definition) is 2. The minimum atomic E-state index is -0.568. The van der Waals surface area contributed by atoms with Crippen molar-refractivity contribution in [2.45, 2.75) is 13.8 Å². The molecule has 4 aromatic rings. The predicted molar refractivity (Wildman–Crippen MR) is 168 cm³/mol. The average Bonchev–Trinajstić information content (AvgIpc) is 3.03. The highest BCUT2D eigenvalue weighted by atomic mass is 35.5. The molecule has 0 saturated carbocycles. The maximum absolute atomic E-state index is 12.9. The van der Waals surface area contributed by atoms with Crippen molar-refractivity contribution in [3.8, 4) is 23.0 Å².